The number of anilines is 2. The van der Waals surface area contributed by atoms with E-state index < -0.39 is 0 Å². The molecular weight excluding hydrogens is 422 g/mol. The predicted molar refractivity (Wildman–Crippen MR) is 123 cm³/mol. The summed E-state index contributed by atoms with van der Waals surface area (Å²) in [4.78, 5) is 36.3. The molecule has 1 amide bonds. The van der Waals surface area contributed by atoms with Crippen LogP contribution in [0.25, 0.3) is 10.2 Å². The number of amides is 1. The first kappa shape index (κ1) is 20.8. The Bertz CT molecular complexity index is 1160. The van der Waals surface area contributed by atoms with Crippen molar-refractivity contribution in [2.24, 2.45) is 0 Å². The topological polar surface area (TPSA) is 70.5 Å². The number of benzene rings is 1. The zero-order valence-electron chi connectivity index (χ0n) is 17.2. The highest BCUT2D eigenvalue weighted by Gasteiger charge is 2.19. The number of fused-ring (bicyclic) bond motifs is 1. The van der Waals surface area contributed by atoms with Gasteiger partial charge in [0.15, 0.2) is 0 Å². The lowest BCUT2D eigenvalue weighted by molar-refractivity contribution is -0.116. The van der Waals surface area contributed by atoms with Crippen molar-refractivity contribution in [3.05, 3.63) is 50.3 Å². The van der Waals surface area contributed by atoms with E-state index >= 15 is 0 Å². The van der Waals surface area contributed by atoms with Crippen LogP contribution in [0.15, 0.2) is 29.3 Å². The lowest BCUT2D eigenvalue weighted by Crippen LogP contribution is -2.44. The lowest BCUT2D eigenvalue weighted by atomic mass is 10.2. The molecule has 3 heterocycles. The van der Waals surface area contributed by atoms with E-state index in [1.165, 1.54) is 22.2 Å². The van der Waals surface area contributed by atoms with E-state index in [2.05, 4.69) is 27.1 Å². The Morgan fingerprint density at radius 2 is 1.97 bits per heavy atom. The Kier molecular flexibility index (Phi) is 5.81. The maximum Gasteiger partial charge on any atom is 0.262 e. The normalized spacial score (nSPS) is 15.0. The van der Waals surface area contributed by atoms with Gasteiger partial charge < -0.3 is 15.1 Å². The second kappa shape index (κ2) is 8.37. The van der Waals surface area contributed by atoms with E-state index in [0.29, 0.717) is 20.9 Å². The largest absolute Gasteiger partial charge is 0.367 e. The summed E-state index contributed by atoms with van der Waals surface area (Å²) in [7, 11) is 2.10. The van der Waals surface area contributed by atoms with Gasteiger partial charge in [0.25, 0.3) is 5.56 Å². The number of nitrogens with zero attached hydrogens (tertiary/aromatic N) is 4. The molecule has 0 spiro atoms. The van der Waals surface area contributed by atoms with Gasteiger partial charge in [0.2, 0.25) is 5.91 Å². The van der Waals surface area contributed by atoms with Crippen molar-refractivity contribution >= 4 is 50.4 Å². The summed E-state index contributed by atoms with van der Waals surface area (Å²) in [5.41, 5.74) is 2.32. The quantitative estimate of drug-likeness (QED) is 0.668. The van der Waals surface area contributed by atoms with Gasteiger partial charge in [0, 0.05) is 36.1 Å². The van der Waals surface area contributed by atoms with Gasteiger partial charge in [-0.25, -0.2) is 4.98 Å². The SMILES string of the molecule is Cc1sc2ncn(CC(=O)Nc3cc(Cl)ccc3N3CCN(C)CC3)c(=O)c2c1C. The van der Waals surface area contributed by atoms with E-state index in [1.54, 1.807) is 6.07 Å². The first-order chi connectivity index (χ1) is 14.3. The second-order valence-corrected chi connectivity index (χ2v) is 9.28. The summed E-state index contributed by atoms with van der Waals surface area (Å²) in [6.45, 7) is 7.43. The van der Waals surface area contributed by atoms with Crippen LogP contribution >= 0.6 is 22.9 Å². The van der Waals surface area contributed by atoms with Crippen molar-refractivity contribution in [2.75, 3.05) is 43.4 Å². The Balaban J connectivity index is 1.57. The number of likely N-dealkylation sites (N-methyl/N-ethyl adjacent to an activating group) is 1. The fourth-order valence-electron chi connectivity index (χ4n) is 3.66. The number of piperazine rings is 1. The van der Waals surface area contributed by atoms with Crippen molar-refractivity contribution in [1.82, 2.24) is 14.5 Å². The predicted octanol–water partition coefficient (Wildman–Crippen LogP) is 3.12. The number of hydrogen-bond donors (Lipinski definition) is 1. The summed E-state index contributed by atoms with van der Waals surface area (Å²) >= 11 is 7.68. The van der Waals surface area contributed by atoms with Gasteiger partial charge in [-0.3, -0.25) is 14.2 Å². The summed E-state index contributed by atoms with van der Waals surface area (Å²) in [6, 6.07) is 5.51. The van der Waals surface area contributed by atoms with Crippen molar-refractivity contribution in [2.45, 2.75) is 20.4 Å². The molecule has 4 rings (SSSR count). The molecule has 1 saturated heterocycles. The Hall–Kier alpha value is -2.42. The average Bonchev–Trinajstić information content (AvgIpc) is 3.00. The molecule has 0 radical (unpaired) electrons. The third-order valence-corrected chi connectivity index (χ3v) is 6.90. The van der Waals surface area contributed by atoms with E-state index in [1.807, 2.05) is 26.0 Å². The highest BCUT2D eigenvalue weighted by Crippen LogP contribution is 2.30. The number of carbonyl (C=O) groups is 1. The minimum atomic E-state index is -0.291. The fraction of sp³-hybridized carbons (Fsp3) is 0.381. The van der Waals surface area contributed by atoms with E-state index in [-0.39, 0.29) is 18.0 Å². The molecule has 0 atom stereocenters. The molecule has 0 unspecified atom stereocenters. The van der Waals surface area contributed by atoms with Crippen molar-refractivity contribution in [3.8, 4) is 0 Å². The highest BCUT2D eigenvalue weighted by molar-refractivity contribution is 7.18. The van der Waals surface area contributed by atoms with Gasteiger partial charge in [-0.05, 0) is 44.7 Å². The average molecular weight is 446 g/mol. The minimum Gasteiger partial charge on any atom is -0.367 e. The van der Waals surface area contributed by atoms with Gasteiger partial charge in [-0.15, -0.1) is 11.3 Å². The number of nitrogens with one attached hydrogen (secondary N) is 1. The number of rotatable bonds is 4. The standard InChI is InChI=1S/C21H24ClN5O2S/c1-13-14(2)30-20-19(13)21(29)27(12-23-20)11-18(28)24-16-10-15(22)4-5-17(16)26-8-6-25(3)7-9-26/h4-5,10,12H,6-9,11H2,1-3H3,(H,24,28). The summed E-state index contributed by atoms with van der Waals surface area (Å²) in [6.07, 6.45) is 1.44. The number of hydrogen-bond acceptors (Lipinski definition) is 6. The second-order valence-electron chi connectivity index (χ2n) is 7.64. The van der Waals surface area contributed by atoms with Gasteiger partial charge >= 0.3 is 0 Å². The van der Waals surface area contributed by atoms with Gasteiger partial charge in [0.05, 0.1) is 23.1 Å². The van der Waals surface area contributed by atoms with Crippen molar-refractivity contribution < 1.29 is 4.79 Å². The van der Waals surface area contributed by atoms with E-state index in [9.17, 15) is 9.59 Å². The first-order valence-electron chi connectivity index (χ1n) is 9.81. The molecule has 9 heteroatoms. The van der Waals surface area contributed by atoms with Crippen LogP contribution in [0, 0.1) is 13.8 Å². The molecule has 1 aromatic carbocycles. The number of thiophene rings is 1. The molecule has 1 aliphatic heterocycles. The van der Waals surface area contributed by atoms with Gasteiger partial charge in [-0.2, -0.15) is 0 Å². The number of carbonyl (C=O) groups excluding carboxylic acids is 1. The fourth-order valence-corrected chi connectivity index (χ4v) is 4.82. The Morgan fingerprint density at radius 1 is 1.23 bits per heavy atom. The molecule has 1 aliphatic rings. The number of halogens is 1. The molecule has 2 aromatic heterocycles. The molecule has 3 aromatic rings. The molecule has 30 heavy (non-hydrogen) atoms. The molecule has 1 fully saturated rings. The van der Waals surface area contributed by atoms with E-state index in [4.69, 9.17) is 11.6 Å². The van der Waals surface area contributed by atoms with Crippen molar-refractivity contribution in [3.63, 3.8) is 0 Å². The molecule has 0 aliphatic carbocycles. The van der Waals surface area contributed by atoms with Crippen LogP contribution in [0.5, 0.6) is 0 Å². The zero-order chi connectivity index (χ0) is 21.4. The minimum absolute atomic E-state index is 0.106. The van der Waals surface area contributed by atoms with Gasteiger partial charge in [-0.1, -0.05) is 11.6 Å². The van der Waals surface area contributed by atoms with Crippen LogP contribution in [0.2, 0.25) is 5.02 Å². The summed E-state index contributed by atoms with van der Waals surface area (Å²) < 4.78 is 1.36. The summed E-state index contributed by atoms with van der Waals surface area (Å²) in [5, 5.41) is 4.08. The van der Waals surface area contributed by atoms with Crippen LogP contribution < -0.4 is 15.8 Å². The van der Waals surface area contributed by atoms with E-state index in [0.717, 1.165) is 42.3 Å². The number of aryl methyl sites for hydroxylation is 2. The number of aromatic nitrogens is 2. The first-order valence-corrected chi connectivity index (χ1v) is 11.0. The van der Waals surface area contributed by atoms with Crippen LogP contribution in [0.4, 0.5) is 11.4 Å². The molecule has 7 nitrogen and oxygen atoms in total. The monoisotopic (exact) mass is 445 g/mol. The molecule has 0 bridgehead atoms. The van der Waals surface area contributed by atoms with Crippen LogP contribution in [0.1, 0.15) is 10.4 Å². The third kappa shape index (κ3) is 4.08. The van der Waals surface area contributed by atoms with Gasteiger partial charge in [0.1, 0.15) is 11.4 Å². The third-order valence-electron chi connectivity index (χ3n) is 5.55. The molecule has 0 saturated carbocycles. The van der Waals surface area contributed by atoms with Crippen LogP contribution in [-0.4, -0.2) is 53.6 Å². The van der Waals surface area contributed by atoms with Crippen LogP contribution in [0.3, 0.4) is 0 Å². The van der Waals surface area contributed by atoms with Crippen LogP contribution in [-0.2, 0) is 11.3 Å². The van der Waals surface area contributed by atoms with Crippen molar-refractivity contribution in [1.29, 1.82) is 0 Å². The zero-order valence-corrected chi connectivity index (χ0v) is 18.8. The Morgan fingerprint density at radius 3 is 2.70 bits per heavy atom. The molecule has 1 N–H and O–H groups in total. The molecule has 158 valence electrons. The smallest absolute Gasteiger partial charge is 0.262 e. The summed E-state index contributed by atoms with van der Waals surface area (Å²) in [5.74, 6) is -0.291. The lowest BCUT2D eigenvalue weighted by Gasteiger charge is -2.35. The highest BCUT2D eigenvalue weighted by atomic mass is 35.5. The Labute approximate surface area is 183 Å². The molecular formula is C21H24ClN5O2S. The maximum absolute atomic E-state index is 12.9. The maximum atomic E-state index is 12.9.